The van der Waals surface area contributed by atoms with E-state index in [-0.39, 0.29) is 17.9 Å². The normalized spacial score (nSPS) is 21.5. The second-order valence-corrected chi connectivity index (χ2v) is 9.20. The first-order valence-corrected chi connectivity index (χ1v) is 12.3. The van der Waals surface area contributed by atoms with E-state index in [2.05, 4.69) is 22.9 Å². The first kappa shape index (κ1) is 24.1. The molecule has 1 aliphatic carbocycles. The zero-order valence-electron chi connectivity index (χ0n) is 19.6. The van der Waals surface area contributed by atoms with Gasteiger partial charge < -0.3 is 16.0 Å². The topological polar surface area (TPSA) is 97.3 Å². The predicted molar refractivity (Wildman–Crippen MR) is 127 cm³/mol. The summed E-state index contributed by atoms with van der Waals surface area (Å²) < 4.78 is 0. The van der Waals surface area contributed by atoms with Crippen LogP contribution < -0.4 is 16.0 Å². The van der Waals surface area contributed by atoms with E-state index in [0.717, 1.165) is 49.7 Å². The monoisotopic (exact) mass is 441 g/mol. The number of nitrogens with one attached hydrogen (secondary N) is 4. The number of unbranched alkanes of at least 4 members (excludes halogenated alkanes) is 1. The van der Waals surface area contributed by atoms with Crippen molar-refractivity contribution in [2.24, 2.45) is 5.92 Å². The summed E-state index contributed by atoms with van der Waals surface area (Å²) in [4.78, 5) is 27.0. The number of rotatable bonds is 10. The molecule has 1 aliphatic heterocycles. The van der Waals surface area contributed by atoms with Gasteiger partial charge >= 0.3 is 6.03 Å². The quantitative estimate of drug-likeness (QED) is 0.436. The summed E-state index contributed by atoms with van der Waals surface area (Å²) in [6.45, 7) is 5.69. The lowest BCUT2D eigenvalue weighted by molar-refractivity contribution is -0.134. The van der Waals surface area contributed by atoms with E-state index in [0.29, 0.717) is 25.6 Å². The Kier molecular flexibility index (Phi) is 8.53. The Hall–Kier alpha value is -2.57. The Balaban J connectivity index is 1.64. The highest BCUT2D eigenvalue weighted by Gasteiger charge is 2.53. The lowest BCUT2D eigenvalue weighted by Gasteiger charge is -2.38. The summed E-state index contributed by atoms with van der Waals surface area (Å²) in [5, 5.41) is 17.5. The van der Waals surface area contributed by atoms with E-state index in [1.807, 2.05) is 31.2 Å². The zero-order valence-corrected chi connectivity index (χ0v) is 19.6. The minimum Gasteiger partial charge on any atom is -0.341 e. The maximum atomic E-state index is 13.6. The van der Waals surface area contributed by atoms with Crippen LogP contribution in [-0.4, -0.2) is 34.9 Å². The molecule has 2 fully saturated rings. The van der Waals surface area contributed by atoms with E-state index in [9.17, 15) is 9.59 Å². The van der Waals surface area contributed by atoms with Crippen LogP contribution in [0.1, 0.15) is 82.8 Å². The second-order valence-electron chi connectivity index (χ2n) is 9.20. The van der Waals surface area contributed by atoms with E-state index in [1.54, 1.807) is 4.90 Å². The SMILES string of the molecule is CCCCC1(C2CCCCC2)NC(=N)N(Cc2ccc(CNC(=O)NCCC)cc2)C1=O. The smallest absolute Gasteiger partial charge is 0.315 e. The average Bonchev–Trinajstić information content (AvgIpc) is 3.06. The van der Waals surface area contributed by atoms with Crippen LogP contribution in [0.3, 0.4) is 0 Å². The van der Waals surface area contributed by atoms with Gasteiger partial charge in [0.05, 0.1) is 6.54 Å². The van der Waals surface area contributed by atoms with Crippen molar-refractivity contribution in [3.05, 3.63) is 35.4 Å². The number of hydrogen-bond donors (Lipinski definition) is 4. The molecule has 1 heterocycles. The molecule has 0 spiro atoms. The number of carbonyl (C=O) groups is 2. The van der Waals surface area contributed by atoms with Crippen LogP contribution in [0.15, 0.2) is 24.3 Å². The summed E-state index contributed by atoms with van der Waals surface area (Å²) >= 11 is 0. The van der Waals surface area contributed by atoms with Crippen molar-refractivity contribution < 1.29 is 9.59 Å². The van der Waals surface area contributed by atoms with Crippen molar-refractivity contribution in [1.82, 2.24) is 20.9 Å². The molecule has 1 saturated carbocycles. The third-order valence-electron chi connectivity index (χ3n) is 6.82. The van der Waals surface area contributed by atoms with Crippen molar-refractivity contribution in [3.8, 4) is 0 Å². The van der Waals surface area contributed by atoms with Crippen LogP contribution in [0.2, 0.25) is 0 Å². The van der Waals surface area contributed by atoms with Crippen LogP contribution in [0, 0.1) is 11.3 Å². The first-order valence-electron chi connectivity index (χ1n) is 12.3. The summed E-state index contributed by atoms with van der Waals surface area (Å²) in [7, 11) is 0. The molecular weight excluding hydrogens is 402 g/mol. The van der Waals surface area contributed by atoms with Crippen molar-refractivity contribution in [3.63, 3.8) is 0 Å². The minimum atomic E-state index is -0.608. The van der Waals surface area contributed by atoms with Gasteiger partial charge in [-0.15, -0.1) is 0 Å². The molecule has 176 valence electrons. The Morgan fingerprint density at radius 3 is 2.44 bits per heavy atom. The first-order chi connectivity index (χ1) is 15.5. The maximum absolute atomic E-state index is 13.6. The van der Waals surface area contributed by atoms with Crippen molar-refractivity contribution in [1.29, 1.82) is 5.41 Å². The summed E-state index contributed by atoms with van der Waals surface area (Å²) in [5.74, 6) is 0.615. The molecular formula is C25H39N5O2. The summed E-state index contributed by atoms with van der Waals surface area (Å²) in [6, 6.07) is 7.74. The number of amides is 3. The van der Waals surface area contributed by atoms with Gasteiger partial charge in [0.15, 0.2) is 5.96 Å². The molecule has 3 rings (SSSR count). The highest BCUT2D eigenvalue weighted by atomic mass is 16.2. The fourth-order valence-electron chi connectivity index (χ4n) is 4.96. The Morgan fingerprint density at radius 2 is 1.78 bits per heavy atom. The number of carbonyl (C=O) groups excluding carboxylic acids is 2. The third kappa shape index (κ3) is 5.61. The highest BCUT2D eigenvalue weighted by molar-refractivity contribution is 6.08. The molecule has 4 N–H and O–H groups in total. The van der Waals surface area contributed by atoms with Crippen LogP contribution >= 0.6 is 0 Å². The molecule has 1 unspecified atom stereocenters. The average molecular weight is 442 g/mol. The molecule has 3 amide bonds. The van der Waals surface area contributed by atoms with Gasteiger partial charge in [0.2, 0.25) is 0 Å². The van der Waals surface area contributed by atoms with E-state index < -0.39 is 5.54 Å². The van der Waals surface area contributed by atoms with E-state index in [4.69, 9.17) is 5.41 Å². The van der Waals surface area contributed by atoms with Crippen LogP contribution in [0.25, 0.3) is 0 Å². The largest absolute Gasteiger partial charge is 0.341 e. The number of urea groups is 1. The summed E-state index contributed by atoms with van der Waals surface area (Å²) in [5.41, 5.74) is 1.38. The van der Waals surface area contributed by atoms with Gasteiger partial charge in [0, 0.05) is 13.1 Å². The van der Waals surface area contributed by atoms with Gasteiger partial charge in [0.1, 0.15) is 5.54 Å². The number of guanidine groups is 1. The van der Waals surface area contributed by atoms with Gasteiger partial charge in [-0.05, 0) is 42.7 Å². The molecule has 0 bridgehead atoms. The molecule has 1 aromatic carbocycles. The number of nitrogens with zero attached hydrogens (tertiary/aromatic N) is 1. The van der Waals surface area contributed by atoms with Crippen LogP contribution in [-0.2, 0) is 17.9 Å². The third-order valence-corrected chi connectivity index (χ3v) is 6.82. The predicted octanol–water partition coefficient (Wildman–Crippen LogP) is 4.27. The number of benzene rings is 1. The number of hydrogen-bond acceptors (Lipinski definition) is 3. The molecule has 7 nitrogen and oxygen atoms in total. The second kappa shape index (κ2) is 11.3. The summed E-state index contributed by atoms with van der Waals surface area (Å²) in [6.07, 6.45) is 9.47. The van der Waals surface area contributed by atoms with Gasteiger partial charge in [-0.3, -0.25) is 15.1 Å². The fourth-order valence-corrected chi connectivity index (χ4v) is 4.96. The Bertz CT molecular complexity index is 788. The Labute approximate surface area is 192 Å². The molecule has 1 aromatic rings. The van der Waals surface area contributed by atoms with Crippen molar-refractivity contribution >= 4 is 17.9 Å². The fraction of sp³-hybridized carbons (Fsp3) is 0.640. The van der Waals surface area contributed by atoms with Gasteiger partial charge in [-0.2, -0.15) is 0 Å². The van der Waals surface area contributed by atoms with Gasteiger partial charge in [0.25, 0.3) is 5.91 Å². The Morgan fingerprint density at radius 1 is 1.09 bits per heavy atom. The standard InChI is InChI=1S/C25H39N5O2/c1-3-5-15-25(21-9-7-6-8-10-21)22(31)30(23(26)29-25)18-20-13-11-19(12-14-20)17-28-24(32)27-16-4-2/h11-14,21H,3-10,15-18H2,1-2H3,(H2,26,29)(H2,27,28,32). The highest BCUT2D eigenvalue weighted by Crippen LogP contribution is 2.40. The molecule has 2 aliphatic rings. The zero-order chi connectivity index (χ0) is 23.0. The maximum Gasteiger partial charge on any atom is 0.315 e. The molecule has 32 heavy (non-hydrogen) atoms. The molecule has 0 aromatic heterocycles. The van der Waals surface area contributed by atoms with Crippen LogP contribution in [0.5, 0.6) is 0 Å². The van der Waals surface area contributed by atoms with Gasteiger partial charge in [-0.25, -0.2) is 4.79 Å². The van der Waals surface area contributed by atoms with Crippen LogP contribution in [0.4, 0.5) is 4.79 Å². The lowest BCUT2D eigenvalue weighted by atomic mass is 9.72. The van der Waals surface area contributed by atoms with Crippen molar-refractivity contribution in [2.75, 3.05) is 6.54 Å². The van der Waals surface area contributed by atoms with E-state index in [1.165, 1.54) is 19.3 Å². The molecule has 1 saturated heterocycles. The minimum absolute atomic E-state index is 0.0705. The molecule has 1 atom stereocenters. The van der Waals surface area contributed by atoms with E-state index >= 15 is 0 Å². The molecule has 7 heteroatoms. The van der Waals surface area contributed by atoms with Gasteiger partial charge in [-0.1, -0.05) is 70.2 Å². The molecule has 0 radical (unpaired) electrons. The van der Waals surface area contributed by atoms with Crippen molar-refractivity contribution in [2.45, 2.75) is 90.3 Å². The lowest BCUT2D eigenvalue weighted by Crippen LogP contribution is -2.53.